The molecule has 4 nitrogen and oxygen atoms in total. The van der Waals surface area contributed by atoms with Gasteiger partial charge in [-0.15, -0.1) is 0 Å². The molecule has 1 atom stereocenters. The minimum Gasteiger partial charge on any atom is -0.492 e. The van der Waals surface area contributed by atoms with E-state index in [2.05, 4.69) is 4.90 Å². The topological polar surface area (TPSA) is 49.8 Å². The van der Waals surface area contributed by atoms with Crippen molar-refractivity contribution in [2.45, 2.75) is 38.1 Å². The molecule has 0 bridgehead atoms. The normalized spacial score (nSPS) is 19.4. The standard InChI is InChI=1S/C16H22FNO3/c17-13-4-7-15(8-5-13)21-12-11-18-10-2-1-3-14(18)6-9-16(19)20/h4-5,7-8,14H,1-3,6,9-12H2,(H,19,20). The largest absolute Gasteiger partial charge is 0.492 e. The quantitative estimate of drug-likeness (QED) is 0.840. The number of nitrogens with zero attached hydrogens (tertiary/aromatic N) is 1. The molecule has 1 N–H and O–H groups in total. The lowest BCUT2D eigenvalue weighted by Gasteiger charge is -2.35. The molecule has 1 aliphatic rings. The number of benzene rings is 1. The number of ether oxygens (including phenoxy) is 1. The first kappa shape index (κ1) is 15.8. The van der Waals surface area contributed by atoms with Crippen LogP contribution in [0.1, 0.15) is 32.1 Å². The molecule has 1 fully saturated rings. The maximum absolute atomic E-state index is 12.8. The third-order valence-electron chi connectivity index (χ3n) is 3.90. The summed E-state index contributed by atoms with van der Waals surface area (Å²) in [5.74, 6) is -0.342. The van der Waals surface area contributed by atoms with Gasteiger partial charge in [-0.1, -0.05) is 6.42 Å². The molecule has 0 saturated carbocycles. The third kappa shape index (κ3) is 5.34. The summed E-state index contributed by atoms with van der Waals surface area (Å²) >= 11 is 0. The van der Waals surface area contributed by atoms with Crippen molar-refractivity contribution in [3.8, 4) is 5.75 Å². The van der Waals surface area contributed by atoms with Crippen molar-refractivity contribution in [1.82, 2.24) is 4.90 Å². The van der Waals surface area contributed by atoms with Gasteiger partial charge in [0.1, 0.15) is 18.2 Å². The summed E-state index contributed by atoms with van der Waals surface area (Å²) in [5.41, 5.74) is 0. The zero-order valence-corrected chi connectivity index (χ0v) is 12.1. The molecule has 116 valence electrons. The summed E-state index contributed by atoms with van der Waals surface area (Å²) in [4.78, 5) is 13.0. The SMILES string of the molecule is O=C(O)CCC1CCCCN1CCOc1ccc(F)cc1. The highest BCUT2D eigenvalue weighted by molar-refractivity contribution is 5.66. The summed E-state index contributed by atoms with van der Waals surface area (Å²) in [5, 5.41) is 8.80. The van der Waals surface area contributed by atoms with Crippen molar-refractivity contribution in [2.75, 3.05) is 19.7 Å². The lowest BCUT2D eigenvalue weighted by atomic mass is 9.98. The molecule has 0 radical (unpaired) electrons. The predicted octanol–water partition coefficient (Wildman–Crippen LogP) is 2.92. The van der Waals surface area contributed by atoms with Gasteiger partial charge in [0.25, 0.3) is 0 Å². The van der Waals surface area contributed by atoms with Crippen molar-refractivity contribution in [1.29, 1.82) is 0 Å². The number of carboxylic acids is 1. The van der Waals surface area contributed by atoms with Crippen LogP contribution in [0.5, 0.6) is 5.75 Å². The van der Waals surface area contributed by atoms with Crippen molar-refractivity contribution in [3.63, 3.8) is 0 Å². The fourth-order valence-electron chi connectivity index (χ4n) is 2.78. The lowest BCUT2D eigenvalue weighted by molar-refractivity contribution is -0.137. The average Bonchev–Trinajstić information content (AvgIpc) is 2.48. The molecule has 0 aliphatic carbocycles. The van der Waals surface area contributed by atoms with Gasteiger partial charge < -0.3 is 9.84 Å². The lowest BCUT2D eigenvalue weighted by Crippen LogP contribution is -2.42. The van der Waals surface area contributed by atoms with Gasteiger partial charge in [0, 0.05) is 19.0 Å². The number of halogens is 1. The maximum Gasteiger partial charge on any atom is 0.303 e. The molecule has 0 amide bonds. The summed E-state index contributed by atoms with van der Waals surface area (Å²) in [7, 11) is 0. The fourth-order valence-corrected chi connectivity index (χ4v) is 2.78. The van der Waals surface area contributed by atoms with Crippen LogP contribution in [0, 0.1) is 5.82 Å². The van der Waals surface area contributed by atoms with Gasteiger partial charge in [0.05, 0.1) is 0 Å². The first-order valence-electron chi connectivity index (χ1n) is 7.49. The zero-order valence-electron chi connectivity index (χ0n) is 12.1. The monoisotopic (exact) mass is 295 g/mol. The maximum atomic E-state index is 12.8. The molecule has 1 unspecified atom stereocenters. The van der Waals surface area contributed by atoms with Crippen LogP contribution in [-0.4, -0.2) is 41.7 Å². The van der Waals surface area contributed by atoms with Crippen LogP contribution in [0.25, 0.3) is 0 Å². The van der Waals surface area contributed by atoms with Gasteiger partial charge in [-0.05, 0) is 50.1 Å². The van der Waals surface area contributed by atoms with Crippen LogP contribution >= 0.6 is 0 Å². The van der Waals surface area contributed by atoms with Crippen LogP contribution < -0.4 is 4.74 Å². The molecular weight excluding hydrogens is 273 g/mol. The van der Waals surface area contributed by atoms with E-state index in [1.807, 2.05) is 0 Å². The number of likely N-dealkylation sites (tertiary alicyclic amines) is 1. The highest BCUT2D eigenvalue weighted by Gasteiger charge is 2.22. The molecule has 1 aromatic rings. The number of rotatable bonds is 7. The van der Waals surface area contributed by atoms with E-state index in [4.69, 9.17) is 9.84 Å². The molecule has 2 rings (SSSR count). The second-order valence-corrected chi connectivity index (χ2v) is 5.42. The Bertz CT molecular complexity index is 449. The number of carbonyl (C=O) groups is 1. The van der Waals surface area contributed by atoms with Crippen molar-refractivity contribution in [3.05, 3.63) is 30.1 Å². The number of hydrogen-bond donors (Lipinski definition) is 1. The predicted molar refractivity (Wildman–Crippen MR) is 78.0 cm³/mol. The van der Waals surface area contributed by atoms with Crippen molar-refractivity contribution >= 4 is 5.97 Å². The summed E-state index contributed by atoms with van der Waals surface area (Å²) < 4.78 is 18.4. The molecule has 5 heteroatoms. The van der Waals surface area contributed by atoms with E-state index in [1.54, 1.807) is 12.1 Å². The summed E-state index contributed by atoms with van der Waals surface area (Å²) in [6.45, 7) is 2.31. The summed E-state index contributed by atoms with van der Waals surface area (Å²) in [6, 6.07) is 6.34. The van der Waals surface area contributed by atoms with Crippen LogP contribution in [0.15, 0.2) is 24.3 Å². The Hall–Kier alpha value is -1.62. The molecule has 1 aliphatic heterocycles. The van der Waals surface area contributed by atoms with E-state index in [1.165, 1.54) is 18.6 Å². The highest BCUT2D eigenvalue weighted by Crippen LogP contribution is 2.21. The van der Waals surface area contributed by atoms with Gasteiger partial charge in [-0.3, -0.25) is 9.69 Å². The smallest absolute Gasteiger partial charge is 0.303 e. The Morgan fingerprint density at radius 3 is 2.81 bits per heavy atom. The van der Waals surface area contributed by atoms with Crippen LogP contribution in [-0.2, 0) is 4.79 Å². The van der Waals surface area contributed by atoms with E-state index >= 15 is 0 Å². The Morgan fingerprint density at radius 1 is 1.33 bits per heavy atom. The minimum absolute atomic E-state index is 0.222. The van der Waals surface area contributed by atoms with E-state index in [9.17, 15) is 9.18 Å². The van der Waals surface area contributed by atoms with Gasteiger partial charge in [0.15, 0.2) is 0 Å². The molecular formula is C16H22FNO3. The van der Waals surface area contributed by atoms with Gasteiger partial charge in [0.2, 0.25) is 0 Å². The first-order valence-corrected chi connectivity index (χ1v) is 7.49. The number of aliphatic carboxylic acids is 1. The second kappa shape index (κ2) is 7.98. The van der Waals surface area contributed by atoms with E-state index < -0.39 is 5.97 Å². The average molecular weight is 295 g/mol. The molecule has 1 heterocycles. The first-order chi connectivity index (χ1) is 10.1. The number of hydrogen-bond acceptors (Lipinski definition) is 3. The molecule has 21 heavy (non-hydrogen) atoms. The van der Waals surface area contributed by atoms with Gasteiger partial charge in [-0.2, -0.15) is 0 Å². The van der Waals surface area contributed by atoms with Gasteiger partial charge in [-0.25, -0.2) is 4.39 Å². The van der Waals surface area contributed by atoms with E-state index in [0.29, 0.717) is 24.8 Å². The molecule has 1 aromatic carbocycles. The Labute approximate surface area is 124 Å². The second-order valence-electron chi connectivity index (χ2n) is 5.42. The number of piperidine rings is 1. The van der Waals surface area contributed by atoms with Crippen molar-refractivity contribution < 1.29 is 19.0 Å². The Morgan fingerprint density at radius 2 is 2.10 bits per heavy atom. The van der Waals surface area contributed by atoms with Crippen molar-refractivity contribution in [2.24, 2.45) is 0 Å². The summed E-state index contributed by atoms with van der Waals surface area (Å²) in [6.07, 6.45) is 4.30. The Balaban J connectivity index is 1.76. The van der Waals surface area contributed by atoms with E-state index in [-0.39, 0.29) is 12.2 Å². The third-order valence-corrected chi connectivity index (χ3v) is 3.90. The highest BCUT2D eigenvalue weighted by atomic mass is 19.1. The van der Waals surface area contributed by atoms with Crippen LogP contribution in [0.3, 0.4) is 0 Å². The van der Waals surface area contributed by atoms with Crippen LogP contribution in [0.4, 0.5) is 4.39 Å². The zero-order chi connectivity index (χ0) is 15.1. The molecule has 0 spiro atoms. The van der Waals surface area contributed by atoms with Crippen LogP contribution in [0.2, 0.25) is 0 Å². The van der Waals surface area contributed by atoms with E-state index in [0.717, 1.165) is 25.9 Å². The Kier molecular flexibility index (Phi) is 5.99. The number of carboxylic acid groups (broad SMARTS) is 1. The van der Waals surface area contributed by atoms with Gasteiger partial charge >= 0.3 is 5.97 Å². The molecule has 0 aromatic heterocycles. The molecule has 1 saturated heterocycles. The fraction of sp³-hybridized carbons (Fsp3) is 0.562. The minimum atomic E-state index is -0.733.